The van der Waals surface area contributed by atoms with Gasteiger partial charge in [0.15, 0.2) is 15.0 Å². The van der Waals surface area contributed by atoms with Crippen molar-refractivity contribution in [2.75, 3.05) is 50.5 Å². The van der Waals surface area contributed by atoms with Crippen LogP contribution in [0.1, 0.15) is 27.9 Å². The number of hydrogen-bond acceptors (Lipinski definition) is 7. The van der Waals surface area contributed by atoms with E-state index in [1.54, 1.807) is 17.0 Å². The fourth-order valence-electron chi connectivity index (χ4n) is 3.91. The van der Waals surface area contributed by atoms with Gasteiger partial charge in [0.1, 0.15) is 0 Å². The number of benzene rings is 2. The zero-order valence-corrected chi connectivity index (χ0v) is 20.8. The van der Waals surface area contributed by atoms with Crippen LogP contribution in [0.25, 0.3) is 10.2 Å². The van der Waals surface area contributed by atoms with Gasteiger partial charge in [-0.1, -0.05) is 23.5 Å². The highest BCUT2D eigenvalue weighted by atomic mass is 32.2. The van der Waals surface area contributed by atoms with Gasteiger partial charge in [0, 0.05) is 38.0 Å². The van der Waals surface area contributed by atoms with E-state index in [2.05, 4.69) is 17.9 Å². The lowest BCUT2D eigenvalue weighted by molar-refractivity contribution is 0.0376. The molecule has 0 spiro atoms. The number of thiazole rings is 1. The fourth-order valence-corrected chi connectivity index (χ4v) is 5.62. The van der Waals surface area contributed by atoms with Gasteiger partial charge in [0.05, 0.1) is 28.3 Å². The molecular weight excluding hydrogens is 458 g/mol. The summed E-state index contributed by atoms with van der Waals surface area (Å²) in [6, 6.07) is 10.4. The molecule has 7 nitrogen and oxygen atoms in total. The van der Waals surface area contributed by atoms with Crippen molar-refractivity contribution in [3.05, 3.63) is 53.1 Å². The van der Waals surface area contributed by atoms with Gasteiger partial charge >= 0.3 is 0 Å². The highest BCUT2D eigenvalue weighted by Gasteiger charge is 2.23. The number of fused-ring (bicyclic) bond motifs is 1. The molecule has 0 unspecified atom stereocenters. The first-order valence-electron chi connectivity index (χ1n) is 11.0. The van der Waals surface area contributed by atoms with Gasteiger partial charge in [0.25, 0.3) is 5.91 Å². The van der Waals surface area contributed by atoms with E-state index in [1.165, 1.54) is 23.5 Å². The number of sulfone groups is 1. The predicted octanol–water partition coefficient (Wildman–Crippen LogP) is 3.69. The molecule has 1 aliphatic rings. The molecule has 176 valence electrons. The van der Waals surface area contributed by atoms with Crippen molar-refractivity contribution in [2.24, 2.45) is 0 Å². The minimum atomic E-state index is -3.41. The molecular formula is C24H29N3O4S2. The molecule has 9 heteroatoms. The number of amides is 1. The molecule has 1 saturated heterocycles. The first-order chi connectivity index (χ1) is 15.7. The van der Waals surface area contributed by atoms with Gasteiger partial charge in [-0.25, -0.2) is 13.4 Å². The molecule has 0 N–H and O–H groups in total. The van der Waals surface area contributed by atoms with E-state index < -0.39 is 9.84 Å². The molecule has 0 bridgehead atoms. The molecule has 0 radical (unpaired) electrons. The second-order valence-electron chi connectivity index (χ2n) is 8.41. The highest BCUT2D eigenvalue weighted by Crippen LogP contribution is 2.33. The molecule has 1 fully saturated rings. The van der Waals surface area contributed by atoms with Gasteiger partial charge < -0.3 is 4.74 Å². The standard InChI is InChI=1S/C24H29N3O4S2/c1-17-8-9-21-22(18(17)2)25-24(32-21)27(11-5-10-26-12-14-31-15-13-26)23(28)19-6-4-7-20(16-19)33(3,29)30/h4,6-9,16H,5,10-15H2,1-3H3. The zero-order chi connectivity index (χ0) is 23.6. The van der Waals surface area contributed by atoms with Crippen LogP contribution in [-0.4, -0.2) is 69.9 Å². The Labute approximate surface area is 198 Å². The number of ether oxygens (including phenoxy) is 1. The summed E-state index contributed by atoms with van der Waals surface area (Å²) in [5.74, 6) is -0.240. The summed E-state index contributed by atoms with van der Waals surface area (Å²) in [7, 11) is -3.41. The number of carbonyl (C=O) groups excluding carboxylic acids is 1. The Morgan fingerprint density at radius 3 is 2.67 bits per heavy atom. The number of nitrogens with zero attached hydrogens (tertiary/aromatic N) is 3. The lowest BCUT2D eigenvalue weighted by Gasteiger charge is -2.27. The smallest absolute Gasteiger partial charge is 0.260 e. The summed E-state index contributed by atoms with van der Waals surface area (Å²) in [6.07, 6.45) is 1.93. The van der Waals surface area contributed by atoms with Gasteiger partial charge in [-0.3, -0.25) is 14.6 Å². The summed E-state index contributed by atoms with van der Waals surface area (Å²) >= 11 is 1.49. The largest absolute Gasteiger partial charge is 0.379 e. The van der Waals surface area contributed by atoms with Crippen LogP contribution in [0, 0.1) is 13.8 Å². The minimum absolute atomic E-state index is 0.136. The predicted molar refractivity (Wildman–Crippen MR) is 132 cm³/mol. The average molecular weight is 488 g/mol. The van der Waals surface area contributed by atoms with E-state index in [0.29, 0.717) is 17.2 Å². The summed E-state index contributed by atoms with van der Waals surface area (Å²) in [5.41, 5.74) is 3.52. The number of hydrogen-bond donors (Lipinski definition) is 0. The van der Waals surface area contributed by atoms with Crippen molar-refractivity contribution in [3.63, 3.8) is 0 Å². The van der Waals surface area contributed by atoms with Crippen molar-refractivity contribution >= 4 is 42.4 Å². The van der Waals surface area contributed by atoms with Crippen molar-refractivity contribution < 1.29 is 17.9 Å². The molecule has 2 heterocycles. The maximum absolute atomic E-state index is 13.6. The zero-order valence-electron chi connectivity index (χ0n) is 19.2. The maximum Gasteiger partial charge on any atom is 0.260 e. The van der Waals surface area contributed by atoms with Gasteiger partial charge in [0.2, 0.25) is 0 Å². The lowest BCUT2D eigenvalue weighted by Crippen LogP contribution is -2.39. The second kappa shape index (κ2) is 9.89. The highest BCUT2D eigenvalue weighted by molar-refractivity contribution is 7.90. The van der Waals surface area contributed by atoms with Crippen LogP contribution in [-0.2, 0) is 14.6 Å². The Bertz CT molecular complexity index is 1260. The summed E-state index contributed by atoms with van der Waals surface area (Å²) in [5, 5.41) is 0.635. The molecule has 0 aliphatic carbocycles. The first-order valence-corrected chi connectivity index (χ1v) is 13.7. The third-order valence-electron chi connectivity index (χ3n) is 6.02. The number of rotatable bonds is 7. The number of morpholine rings is 1. The van der Waals surface area contributed by atoms with E-state index in [4.69, 9.17) is 9.72 Å². The average Bonchev–Trinajstić information content (AvgIpc) is 3.24. The normalized spacial score (nSPS) is 15.1. The van der Waals surface area contributed by atoms with E-state index >= 15 is 0 Å². The summed E-state index contributed by atoms with van der Waals surface area (Å²) < 4.78 is 30.5. The quantitative estimate of drug-likeness (QED) is 0.506. The van der Waals surface area contributed by atoms with E-state index in [-0.39, 0.29) is 10.8 Å². The molecule has 33 heavy (non-hydrogen) atoms. The van der Waals surface area contributed by atoms with Gasteiger partial charge in [-0.2, -0.15) is 0 Å². The summed E-state index contributed by atoms with van der Waals surface area (Å²) in [6.45, 7) is 8.70. The molecule has 1 amide bonds. The van der Waals surface area contributed by atoms with Crippen LogP contribution in [0.3, 0.4) is 0 Å². The first kappa shape index (κ1) is 23.8. The van der Waals surface area contributed by atoms with Crippen LogP contribution in [0.2, 0.25) is 0 Å². The number of anilines is 1. The third kappa shape index (κ3) is 5.43. The van der Waals surface area contributed by atoms with Crippen LogP contribution < -0.4 is 4.90 Å². The topological polar surface area (TPSA) is 79.8 Å². The molecule has 0 atom stereocenters. The Balaban J connectivity index is 1.65. The fraction of sp³-hybridized carbons (Fsp3) is 0.417. The Hall–Kier alpha value is -2.33. The van der Waals surface area contributed by atoms with Crippen LogP contribution in [0.5, 0.6) is 0 Å². The van der Waals surface area contributed by atoms with Crippen molar-refractivity contribution in [2.45, 2.75) is 25.2 Å². The number of aromatic nitrogens is 1. The monoisotopic (exact) mass is 487 g/mol. The molecule has 3 aromatic rings. The third-order valence-corrected chi connectivity index (χ3v) is 8.17. The molecule has 2 aromatic carbocycles. The Kier molecular flexibility index (Phi) is 7.13. The second-order valence-corrected chi connectivity index (χ2v) is 11.4. The summed E-state index contributed by atoms with van der Waals surface area (Å²) in [4.78, 5) is 22.6. The van der Waals surface area contributed by atoms with Crippen LogP contribution in [0.15, 0.2) is 41.3 Å². The lowest BCUT2D eigenvalue weighted by atomic mass is 10.1. The minimum Gasteiger partial charge on any atom is -0.379 e. The maximum atomic E-state index is 13.6. The van der Waals surface area contributed by atoms with E-state index in [0.717, 1.165) is 66.9 Å². The molecule has 4 rings (SSSR count). The number of aryl methyl sites for hydroxylation is 2. The van der Waals surface area contributed by atoms with Crippen molar-refractivity contribution in [1.29, 1.82) is 0 Å². The van der Waals surface area contributed by atoms with Crippen LogP contribution >= 0.6 is 11.3 Å². The van der Waals surface area contributed by atoms with Gasteiger partial charge in [-0.05, 0) is 55.7 Å². The van der Waals surface area contributed by atoms with Gasteiger partial charge in [-0.15, -0.1) is 0 Å². The SMILES string of the molecule is Cc1ccc2sc(N(CCCN3CCOCC3)C(=O)c3cccc(S(C)(=O)=O)c3)nc2c1C. The van der Waals surface area contributed by atoms with E-state index in [9.17, 15) is 13.2 Å². The molecule has 1 aliphatic heterocycles. The Morgan fingerprint density at radius 1 is 1.18 bits per heavy atom. The van der Waals surface area contributed by atoms with Crippen LogP contribution in [0.4, 0.5) is 5.13 Å². The number of carbonyl (C=O) groups is 1. The van der Waals surface area contributed by atoms with Crippen molar-refractivity contribution in [3.8, 4) is 0 Å². The molecule has 1 aromatic heterocycles. The Morgan fingerprint density at radius 2 is 1.94 bits per heavy atom. The van der Waals surface area contributed by atoms with E-state index in [1.807, 2.05) is 13.0 Å². The molecule has 0 saturated carbocycles. The van der Waals surface area contributed by atoms with Crippen molar-refractivity contribution in [1.82, 2.24) is 9.88 Å².